The van der Waals surface area contributed by atoms with E-state index in [1.165, 1.54) is 0 Å². The molecule has 0 saturated heterocycles. The molecule has 0 amide bonds. The van der Waals surface area contributed by atoms with Crippen LogP contribution in [0.1, 0.15) is 10.4 Å². The Bertz CT molecular complexity index is 622. The molecule has 5 nitrogen and oxygen atoms in total. The molecule has 20 heavy (non-hydrogen) atoms. The highest BCUT2D eigenvalue weighted by molar-refractivity contribution is 7.91. The van der Waals surface area contributed by atoms with Crippen LogP contribution < -0.4 is 4.74 Å². The van der Waals surface area contributed by atoms with Gasteiger partial charge >= 0.3 is 18.1 Å². The van der Waals surface area contributed by atoms with Crippen molar-refractivity contribution in [1.29, 1.82) is 0 Å². The normalized spacial score (nSPS) is 12.5. The predicted octanol–water partition coefficient (Wildman–Crippen LogP) is 2.28. The van der Waals surface area contributed by atoms with Gasteiger partial charge in [-0.2, -0.15) is 8.78 Å². The molecule has 0 aliphatic heterocycles. The van der Waals surface area contributed by atoms with E-state index in [0.29, 0.717) is 12.1 Å². The standard InChI is InChI=1S/C9H5F5O5S/c10-8(11)20(17,18)6-2-4(7(15)16)1-5(3-6)19-9(12,13)14/h1-3,8H,(H,15,16). The Morgan fingerprint density at radius 2 is 1.75 bits per heavy atom. The van der Waals surface area contributed by atoms with Crippen LogP contribution in [0.5, 0.6) is 5.75 Å². The Balaban J connectivity index is 3.44. The van der Waals surface area contributed by atoms with Crippen LogP contribution in [-0.4, -0.2) is 31.6 Å². The fraction of sp³-hybridized carbons (Fsp3) is 0.222. The lowest BCUT2D eigenvalue weighted by atomic mass is 10.2. The van der Waals surface area contributed by atoms with Gasteiger partial charge in [-0.1, -0.05) is 0 Å². The molecule has 0 radical (unpaired) electrons. The van der Waals surface area contributed by atoms with Crippen LogP contribution in [0, 0.1) is 0 Å². The Hall–Kier alpha value is -1.91. The first-order valence-corrected chi connectivity index (χ1v) is 6.14. The van der Waals surface area contributed by atoms with E-state index in [4.69, 9.17) is 5.11 Å². The van der Waals surface area contributed by atoms with Crippen LogP contribution in [0.25, 0.3) is 0 Å². The van der Waals surface area contributed by atoms with Crippen molar-refractivity contribution in [1.82, 2.24) is 0 Å². The van der Waals surface area contributed by atoms with Crippen molar-refractivity contribution in [3.8, 4) is 5.75 Å². The number of carbonyl (C=O) groups is 1. The lowest BCUT2D eigenvalue weighted by molar-refractivity contribution is -0.274. The Kier molecular flexibility index (Phi) is 4.22. The van der Waals surface area contributed by atoms with Crippen LogP contribution in [0.15, 0.2) is 23.1 Å². The first-order valence-electron chi connectivity index (χ1n) is 4.59. The summed E-state index contributed by atoms with van der Waals surface area (Å²) < 4.78 is 86.2. The van der Waals surface area contributed by atoms with E-state index in [9.17, 15) is 35.2 Å². The van der Waals surface area contributed by atoms with Gasteiger partial charge in [0.1, 0.15) is 5.75 Å². The fourth-order valence-corrected chi connectivity index (χ4v) is 1.93. The number of ether oxygens (including phenoxy) is 1. The maximum absolute atomic E-state index is 12.3. The third kappa shape index (κ3) is 3.79. The Morgan fingerprint density at radius 1 is 1.20 bits per heavy atom. The quantitative estimate of drug-likeness (QED) is 0.861. The van der Waals surface area contributed by atoms with Gasteiger partial charge in [0.05, 0.1) is 10.5 Å². The minimum Gasteiger partial charge on any atom is -0.478 e. The highest BCUT2D eigenvalue weighted by atomic mass is 32.2. The summed E-state index contributed by atoms with van der Waals surface area (Å²) >= 11 is 0. The molecule has 11 heteroatoms. The van der Waals surface area contributed by atoms with E-state index in [0.717, 1.165) is 0 Å². The second-order valence-corrected chi connectivity index (χ2v) is 5.27. The van der Waals surface area contributed by atoms with Gasteiger partial charge in [-0.05, 0) is 18.2 Å². The molecule has 0 bridgehead atoms. The minimum atomic E-state index is -5.26. The second-order valence-electron chi connectivity index (χ2n) is 3.35. The van der Waals surface area contributed by atoms with Gasteiger partial charge < -0.3 is 9.84 Å². The third-order valence-electron chi connectivity index (χ3n) is 1.92. The smallest absolute Gasteiger partial charge is 0.478 e. The van der Waals surface area contributed by atoms with Gasteiger partial charge in [-0.3, -0.25) is 0 Å². The van der Waals surface area contributed by atoms with E-state index in [2.05, 4.69) is 4.74 Å². The zero-order valence-electron chi connectivity index (χ0n) is 9.19. The number of sulfone groups is 1. The van der Waals surface area contributed by atoms with E-state index in [1.807, 2.05) is 0 Å². The zero-order valence-corrected chi connectivity index (χ0v) is 10.0. The van der Waals surface area contributed by atoms with Crippen molar-refractivity contribution in [2.75, 3.05) is 0 Å². The van der Waals surface area contributed by atoms with Crippen LogP contribution in [0.3, 0.4) is 0 Å². The summed E-state index contributed by atoms with van der Waals surface area (Å²) in [5, 5.41) is 8.62. The maximum atomic E-state index is 12.3. The molecule has 0 aliphatic rings. The van der Waals surface area contributed by atoms with Crippen molar-refractivity contribution in [2.24, 2.45) is 0 Å². The van der Waals surface area contributed by atoms with Gasteiger partial charge in [0.2, 0.25) is 9.84 Å². The molecular formula is C9H5F5O5S. The zero-order chi connectivity index (χ0) is 15.7. The molecule has 1 rings (SSSR count). The molecule has 0 saturated carbocycles. The topological polar surface area (TPSA) is 80.7 Å². The average molecular weight is 320 g/mol. The van der Waals surface area contributed by atoms with Gasteiger partial charge in [0.15, 0.2) is 0 Å². The van der Waals surface area contributed by atoms with Gasteiger partial charge in [0, 0.05) is 0 Å². The van der Waals surface area contributed by atoms with E-state index in [1.54, 1.807) is 0 Å². The number of hydrogen-bond donors (Lipinski definition) is 1. The fourth-order valence-electron chi connectivity index (χ4n) is 1.15. The molecule has 1 aromatic rings. The summed E-state index contributed by atoms with van der Waals surface area (Å²) in [7, 11) is -5.26. The summed E-state index contributed by atoms with van der Waals surface area (Å²) in [4.78, 5) is 9.36. The van der Waals surface area contributed by atoms with E-state index >= 15 is 0 Å². The molecule has 1 aromatic carbocycles. The average Bonchev–Trinajstić information content (AvgIpc) is 2.25. The molecule has 0 aromatic heterocycles. The summed E-state index contributed by atoms with van der Waals surface area (Å²) in [6, 6.07) is 0.842. The molecule has 0 heterocycles. The van der Waals surface area contributed by atoms with Crippen LogP contribution in [0.4, 0.5) is 22.0 Å². The summed E-state index contributed by atoms with van der Waals surface area (Å²) in [6.07, 6.45) is -5.23. The monoisotopic (exact) mass is 320 g/mol. The minimum absolute atomic E-state index is 0.168. The van der Waals surface area contributed by atoms with Gasteiger partial charge in [-0.25, -0.2) is 13.2 Å². The number of hydrogen-bond acceptors (Lipinski definition) is 4. The first-order chi connectivity index (χ1) is 8.93. The number of alkyl halides is 5. The van der Waals surface area contributed by atoms with Gasteiger partial charge in [0.25, 0.3) is 0 Å². The van der Waals surface area contributed by atoms with Crippen molar-refractivity contribution >= 4 is 15.8 Å². The van der Waals surface area contributed by atoms with Crippen molar-refractivity contribution in [3.63, 3.8) is 0 Å². The van der Waals surface area contributed by atoms with Crippen molar-refractivity contribution in [2.45, 2.75) is 17.0 Å². The largest absolute Gasteiger partial charge is 0.573 e. The highest BCUT2D eigenvalue weighted by Crippen LogP contribution is 2.29. The highest BCUT2D eigenvalue weighted by Gasteiger charge is 2.33. The molecule has 0 spiro atoms. The van der Waals surface area contributed by atoms with Gasteiger partial charge in [-0.15, -0.1) is 13.2 Å². The maximum Gasteiger partial charge on any atom is 0.573 e. The summed E-state index contributed by atoms with van der Waals surface area (Å²) in [5.41, 5.74) is -0.939. The number of carboxylic acid groups (broad SMARTS) is 1. The third-order valence-corrected chi connectivity index (χ3v) is 3.29. The number of benzene rings is 1. The number of aromatic carboxylic acids is 1. The summed E-state index contributed by atoms with van der Waals surface area (Å²) in [5.74, 6) is -6.94. The molecule has 0 fully saturated rings. The SMILES string of the molecule is O=C(O)c1cc(OC(F)(F)F)cc(S(=O)(=O)C(F)F)c1. The van der Waals surface area contributed by atoms with E-state index in [-0.39, 0.29) is 6.07 Å². The molecule has 112 valence electrons. The summed E-state index contributed by atoms with van der Waals surface area (Å²) in [6.45, 7) is 0. The lowest BCUT2D eigenvalue weighted by Gasteiger charge is -2.11. The lowest BCUT2D eigenvalue weighted by Crippen LogP contribution is -2.18. The first kappa shape index (κ1) is 16.1. The van der Waals surface area contributed by atoms with Crippen molar-refractivity contribution < 1.29 is 45.0 Å². The number of halogens is 5. The predicted molar refractivity (Wildman–Crippen MR) is 53.3 cm³/mol. The van der Waals surface area contributed by atoms with Crippen LogP contribution in [-0.2, 0) is 9.84 Å². The molecule has 0 aliphatic carbocycles. The Labute approximate surface area is 108 Å². The van der Waals surface area contributed by atoms with E-state index < -0.39 is 44.1 Å². The molecule has 1 N–H and O–H groups in total. The Morgan fingerprint density at radius 3 is 2.15 bits per heavy atom. The number of rotatable bonds is 4. The molecule has 0 atom stereocenters. The number of carboxylic acids is 1. The molecule has 0 unspecified atom stereocenters. The van der Waals surface area contributed by atoms with Crippen molar-refractivity contribution in [3.05, 3.63) is 23.8 Å². The van der Waals surface area contributed by atoms with Crippen LogP contribution >= 0.6 is 0 Å². The van der Waals surface area contributed by atoms with Crippen LogP contribution in [0.2, 0.25) is 0 Å². The second kappa shape index (κ2) is 5.23. The molecular weight excluding hydrogens is 315 g/mol.